The van der Waals surface area contributed by atoms with Crippen LogP contribution in [0.25, 0.3) is 0 Å². The maximum absolute atomic E-state index is 11.5. The van der Waals surface area contributed by atoms with Crippen LogP contribution in [0.5, 0.6) is 0 Å². The topological polar surface area (TPSA) is 79.9 Å². The predicted octanol–water partition coefficient (Wildman–Crippen LogP) is 0.262. The standard InChI is InChI=1S/C8H12N2O3S/c1-3-4-14(12,13)8-5-7(11)6(2)9-10-8/h5H,3-4H2,1-2H3,(H,10,11). The summed E-state index contributed by atoms with van der Waals surface area (Å²) in [6, 6.07) is 1.08. The number of hydrogen-bond acceptors (Lipinski definition) is 4. The molecule has 0 aromatic carbocycles. The first-order chi connectivity index (χ1) is 6.47. The van der Waals surface area contributed by atoms with E-state index in [4.69, 9.17) is 0 Å². The third kappa shape index (κ3) is 2.20. The highest BCUT2D eigenvalue weighted by molar-refractivity contribution is 7.91. The number of aryl methyl sites for hydroxylation is 1. The van der Waals surface area contributed by atoms with Crippen LogP contribution in [0.2, 0.25) is 0 Å². The van der Waals surface area contributed by atoms with E-state index in [2.05, 4.69) is 10.2 Å². The zero-order valence-corrected chi connectivity index (χ0v) is 8.89. The summed E-state index contributed by atoms with van der Waals surface area (Å²) in [7, 11) is -3.37. The molecule has 1 heterocycles. The molecule has 0 bridgehead atoms. The third-order valence-corrected chi connectivity index (χ3v) is 3.59. The van der Waals surface area contributed by atoms with Crippen molar-refractivity contribution in [3.8, 4) is 0 Å². The quantitative estimate of drug-likeness (QED) is 0.786. The van der Waals surface area contributed by atoms with Crippen molar-refractivity contribution in [1.82, 2.24) is 10.2 Å². The fraction of sp³-hybridized carbons (Fsp3) is 0.500. The Kier molecular flexibility index (Phi) is 3.05. The minimum Gasteiger partial charge on any atom is -0.288 e. The molecule has 0 aliphatic rings. The van der Waals surface area contributed by atoms with Crippen LogP contribution in [0.1, 0.15) is 19.0 Å². The van der Waals surface area contributed by atoms with E-state index in [9.17, 15) is 13.2 Å². The van der Waals surface area contributed by atoms with Crippen LogP contribution in [0, 0.1) is 6.92 Å². The molecule has 0 radical (unpaired) electrons. The Hall–Kier alpha value is -1.17. The van der Waals surface area contributed by atoms with E-state index < -0.39 is 9.84 Å². The summed E-state index contributed by atoms with van der Waals surface area (Å²) in [6.07, 6.45) is 0.512. The van der Waals surface area contributed by atoms with Gasteiger partial charge in [-0.15, -0.1) is 0 Å². The average Bonchev–Trinajstić information content (AvgIpc) is 2.09. The van der Waals surface area contributed by atoms with Crippen LogP contribution in [0.4, 0.5) is 0 Å². The van der Waals surface area contributed by atoms with Crippen molar-refractivity contribution in [3.05, 3.63) is 22.0 Å². The van der Waals surface area contributed by atoms with E-state index in [0.29, 0.717) is 6.42 Å². The molecule has 5 nitrogen and oxygen atoms in total. The summed E-state index contributed by atoms with van der Waals surface area (Å²) in [5, 5.41) is 5.87. The summed E-state index contributed by atoms with van der Waals surface area (Å²) in [5.74, 6) is 0.0215. The number of nitrogens with zero attached hydrogens (tertiary/aromatic N) is 1. The minimum absolute atomic E-state index is 0.0215. The normalized spacial score (nSPS) is 11.6. The highest BCUT2D eigenvalue weighted by Crippen LogP contribution is 2.05. The maximum Gasteiger partial charge on any atom is 0.204 e. The van der Waals surface area contributed by atoms with Gasteiger partial charge >= 0.3 is 0 Å². The summed E-state index contributed by atoms with van der Waals surface area (Å²) in [5.41, 5.74) is -0.0983. The van der Waals surface area contributed by atoms with Gasteiger partial charge in [0.25, 0.3) is 0 Å². The SMILES string of the molecule is CCCS(=O)(=O)c1cc(=O)c(C)n[nH]1. The van der Waals surface area contributed by atoms with Crippen LogP contribution in [-0.4, -0.2) is 24.4 Å². The lowest BCUT2D eigenvalue weighted by molar-refractivity contribution is 0.588. The first kappa shape index (κ1) is 10.9. The Morgan fingerprint density at radius 3 is 2.64 bits per heavy atom. The molecule has 0 amide bonds. The van der Waals surface area contributed by atoms with Crippen molar-refractivity contribution >= 4 is 9.84 Å². The Labute approximate surface area is 82.1 Å². The van der Waals surface area contributed by atoms with Gasteiger partial charge in [-0.05, 0) is 13.3 Å². The lowest BCUT2D eigenvalue weighted by Gasteiger charge is -2.01. The molecular formula is C8H12N2O3S. The third-order valence-electron chi connectivity index (χ3n) is 1.76. The van der Waals surface area contributed by atoms with Gasteiger partial charge in [-0.25, -0.2) is 8.42 Å². The lowest BCUT2D eigenvalue weighted by atomic mass is 10.4. The van der Waals surface area contributed by atoms with E-state index in [1.807, 2.05) is 0 Å². The monoisotopic (exact) mass is 216 g/mol. The fourth-order valence-corrected chi connectivity index (χ4v) is 2.22. The van der Waals surface area contributed by atoms with Crippen molar-refractivity contribution in [1.29, 1.82) is 0 Å². The molecule has 0 saturated carbocycles. The average molecular weight is 216 g/mol. The number of aromatic amines is 1. The van der Waals surface area contributed by atoms with E-state index >= 15 is 0 Å². The van der Waals surface area contributed by atoms with E-state index in [-0.39, 0.29) is 21.9 Å². The van der Waals surface area contributed by atoms with Crippen LogP contribution < -0.4 is 5.43 Å². The summed E-state index contributed by atoms with van der Waals surface area (Å²) < 4.78 is 23.0. The molecule has 6 heteroatoms. The smallest absolute Gasteiger partial charge is 0.204 e. The molecule has 0 fully saturated rings. The van der Waals surface area contributed by atoms with Crippen LogP contribution in [-0.2, 0) is 9.84 Å². The van der Waals surface area contributed by atoms with Gasteiger partial charge < -0.3 is 0 Å². The molecule has 0 unspecified atom stereocenters. The first-order valence-electron chi connectivity index (χ1n) is 4.26. The van der Waals surface area contributed by atoms with Crippen LogP contribution >= 0.6 is 0 Å². The van der Waals surface area contributed by atoms with Gasteiger partial charge in [0, 0.05) is 6.07 Å². The number of aromatic nitrogens is 2. The summed E-state index contributed by atoms with van der Waals surface area (Å²) in [6.45, 7) is 3.28. The second kappa shape index (κ2) is 3.91. The Morgan fingerprint density at radius 2 is 2.14 bits per heavy atom. The molecule has 14 heavy (non-hydrogen) atoms. The van der Waals surface area contributed by atoms with Crippen molar-refractivity contribution in [2.24, 2.45) is 0 Å². The summed E-state index contributed by atoms with van der Waals surface area (Å²) >= 11 is 0. The maximum atomic E-state index is 11.5. The van der Waals surface area contributed by atoms with Crippen LogP contribution in [0.15, 0.2) is 15.9 Å². The zero-order chi connectivity index (χ0) is 10.8. The molecule has 1 aromatic heterocycles. The number of hydrogen-bond donors (Lipinski definition) is 1. The largest absolute Gasteiger partial charge is 0.288 e. The zero-order valence-electron chi connectivity index (χ0n) is 8.07. The lowest BCUT2D eigenvalue weighted by Crippen LogP contribution is -2.16. The van der Waals surface area contributed by atoms with E-state index in [1.165, 1.54) is 6.92 Å². The molecule has 0 spiro atoms. The number of rotatable bonds is 3. The number of H-pyrrole nitrogens is 1. The Bertz CT molecular complexity index is 476. The molecule has 1 N–H and O–H groups in total. The molecule has 1 aromatic rings. The molecule has 1 rings (SSSR count). The van der Waals surface area contributed by atoms with Gasteiger partial charge in [0.05, 0.1) is 5.75 Å². The minimum atomic E-state index is -3.37. The molecule has 78 valence electrons. The first-order valence-corrected chi connectivity index (χ1v) is 5.91. The van der Waals surface area contributed by atoms with Crippen molar-refractivity contribution < 1.29 is 8.42 Å². The highest BCUT2D eigenvalue weighted by atomic mass is 32.2. The van der Waals surface area contributed by atoms with Crippen molar-refractivity contribution in [3.63, 3.8) is 0 Å². The molecule has 0 aliphatic heterocycles. The number of nitrogens with one attached hydrogen (secondary N) is 1. The molecule has 0 saturated heterocycles. The van der Waals surface area contributed by atoms with Gasteiger partial charge in [0.2, 0.25) is 5.43 Å². The van der Waals surface area contributed by atoms with Crippen molar-refractivity contribution in [2.45, 2.75) is 25.3 Å². The molecular weight excluding hydrogens is 204 g/mol. The fourth-order valence-electron chi connectivity index (χ4n) is 0.988. The Morgan fingerprint density at radius 1 is 1.50 bits per heavy atom. The predicted molar refractivity (Wildman–Crippen MR) is 51.9 cm³/mol. The van der Waals surface area contributed by atoms with Gasteiger partial charge in [-0.2, -0.15) is 5.10 Å². The molecule has 0 atom stereocenters. The van der Waals surface area contributed by atoms with Gasteiger partial charge in [-0.1, -0.05) is 6.92 Å². The van der Waals surface area contributed by atoms with Gasteiger partial charge in [-0.3, -0.25) is 9.89 Å². The van der Waals surface area contributed by atoms with Crippen molar-refractivity contribution in [2.75, 3.05) is 5.75 Å². The second-order valence-electron chi connectivity index (χ2n) is 3.00. The summed E-state index contributed by atoms with van der Waals surface area (Å²) in [4.78, 5) is 11.1. The van der Waals surface area contributed by atoms with Gasteiger partial charge in [0.1, 0.15) is 5.69 Å². The van der Waals surface area contributed by atoms with E-state index in [0.717, 1.165) is 6.07 Å². The second-order valence-corrected chi connectivity index (χ2v) is 5.08. The highest BCUT2D eigenvalue weighted by Gasteiger charge is 2.14. The number of sulfone groups is 1. The van der Waals surface area contributed by atoms with Crippen LogP contribution in [0.3, 0.4) is 0 Å². The van der Waals surface area contributed by atoms with E-state index in [1.54, 1.807) is 6.92 Å². The molecule has 0 aliphatic carbocycles. The Balaban J connectivity index is 3.22. The van der Waals surface area contributed by atoms with Gasteiger partial charge in [0.15, 0.2) is 14.9 Å².